The third kappa shape index (κ3) is 1.94. The molecule has 1 aliphatic carbocycles. The monoisotopic (exact) mass is 414 g/mol. The first kappa shape index (κ1) is 19.8. The number of aliphatic hydroxyl groups excluding tert-OH is 1. The van der Waals surface area contributed by atoms with Crippen LogP contribution in [0.3, 0.4) is 0 Å². The normalized spacial score (nSPS) is 41.3. The second-order valence-corrected chi connectivity index (χ2v) is 9.15. The molecule has 1 saturated heterocycles. The largest absolute Gasteiger partial charge is 0.497 e. The molecule has 6 atom stereocenters. The Morgan fingerprint density at radius 3 is 2.83 bits per heavy atom. The summed E-state index contributed by atoms with van der Waals surface area (Å²) >= 11 is 0. The van der Waals surface area contributed by atoms with Crippen molar-refractivity contribution in [3.63, 3.8) is 0 Å². The van der Waals surface area contributed by atoms with E-state index in [0.717, 1.165) is 30.8 Å². The number of amides is 1. The van der Waals surface area contributed by atoms with Gasteiger partial charge in [-0.2, -0.15) is 0 Å². The first-order chi connectivity index (χ1) is 14.3. The zero-order valence-electron chi connectivity index (χ0n) is 17.6. The van der Waals surface area contributed by atoms with Gasteiger partial charge in [0.2, 0.25) is 0 Å². The molecule has 1 aromatic carbocycles. The van der Waals surface area contributed by atoms with Crippen molar-refractivity contribution in [2.75, 3.05) is 32.1 Å². The van der Waals surface area contributed by atoms with Gasteiger partial charge in [-0.05, 0) is 31.0 Å². The molecule has 1 spiro atoms. The Morgan fingerprint density at radius 2 is 2.17 bits per heavy atom. The lowest BCUT2D eigenvalue weighted by molar-refractivity contribution is -0.203. The second kappa shape index (κ2) is 6.20. The van der Waals surface area contributed by atoms with Crippen molar-refractivity contribution >= 4 is 11.6 Å². The summed E-state index contributed by atoms with van der Waals surface area (Å²) in [5, 5.41) is 23.7. The van der Waals surface area contributed by atoms with Crippen molar-refractivity contribution in [3.8, 4) is 5.75 Å². The van der Waals surface area contributed by atoms with Crippen molar-refractivity contribution in [2.45, 2.75) is 49.0 Å². The maximum Gasteiger partial charge on any atom is 0.270 e. The van der Waals surface area contributed by atoms with E-state index >= 15 is 0 Å². The van der Waals surface area contributed by atoms with Crippen LogP contribution in [0.15, 0.2) is 30.4 Å². The van der Waals surface area contributed by atoms with Gasteiger partial charge in [0.05, 0.1) is 13.2 Å². The van der Waals surface area contributed by atoms with Crippen molar-refractivity contribution in [2.24, 2.45) is 11.3 Å². The molecule has 1 saturated carbocycles. The number of benzene rings is 1. The summed E-state index contributed by atoms with van der Waals surface area (Å²) < 4.78 is 5.45. The summed E-state index contributed by atoms with van der Waals surface area (Å²) in [6.45, 7) is 3.64. The van der Waals surface area contributed by atoms with Crippen LogP contribution in [0.2, 0.25) is 0 Å². The van der Waals surface area contributed by atoms with Gasteiger partial charge in [0, 0.05) is 42.2 Å². The van der Waals surface area contributed by atoms with Gasteiger partial charge in [-0.15, -0.1) is 0 Å². The Labute approximate surface area is 176 Å². The van der Waals surface area contributed by atoms with Gasteiger partial charge in [-0.25, -0.2) is 5.84 Å². The summed E-state index contributed by atoms with van der Waals surface area (Å²) in [6.07, 6.45) is 4.14. The maximum atomic E-state index is 13.1. The lowest BCUT2D eigenvalue weighted by atomic mass is 9.47. The summed E-state index contributed by atoms with van der Waals surface area (Å²) in [5.41, 5.74) is 0.764. The average molecular weight is 415 g/mol. The number of carbonyl (C=O) groups is 1. The minimum absolute atomic E-state index is 0.0389. The molecule has 4 aliphatic rings. The predicted molar refractivity (Wildman–Crippen MR) is 112 cm³/mol. The highest BCUT2D eigenvalue weighted by Crippen LogP contribution is 2.66. The zero-order chi connectivity index (χ0) is 21.5. The van der Waals surface area contributed by atoms with Crippen LogP contribution in [0.5, 0.6) is 5.75 Å². The quantitative estimate of drug-likeness (QED) is 0.236. The van der Waals surface area contributed by atoms with Crippen molar-refractivity contribution < 1.29 is 19.7 Å². The van der Waals surface area contributed by atoms with E-state index in [1.807, 2.05) is 37.1 Å². The number of likely N-dealkylation sites (N-methyl/N-ethyl adjacent to an activating group) is 1. The topological polar surface area (TPSA) is 111 Å². The molecule has 0 radical (unpaired) electrons. The molecule has 3 aliphatic heterocycles. The smallest absolute Gasteiger partial charge is 0.270 e. The first-order valence-corrected chi connectivity index (χ1v) is 10.6. The van der Waals surface area contributed by atoms with Crippen molar-refractivity contribution in [3.05, 3.63) is 35.9 Å². The molecule has 0 unspecified atom stereocenters. The summed E-state index contributed by atoms with van der Waals surface area (Å²) in [7, 11) is 3.49. The van der Waals surface area contributed by atoms with Crippen molar-refractivity contribution in [1.82, 2.24) is 10.3 Å². The van der Waals surface area contributed by atoms with Crippen LogP contribution in [0.4, 0.5) is 5.69 Å². The fourth-order valence-electron chi connectivity index (χ4n) is 7.32. The van der Waals surface area contributed by atoms with Crippen LogP contribution in [-0.2, 0) is 10.2 Å². The van der Waals surface area contributed by atoms with Crippen LogP contribution in [0, 0.1) is 5.41 Å². The lowest BCUT2D eigenvalue weighted by Crippen LogP contribution is -2.82. The Bertz CT molecular complexity index is 938. The number of hydrazine groups is 1. The molecule has 0 bridgehead atoms. The fourth-order valence-corrected chi connectivity index (χ4v) is 7.32. The predicted octanol–water partition coefficient (Wildman–Crippen LogP) is -0.113. The number of nitrogens with one attached hydrogen (secondary N) is 1. The molecule has 8 heteroatoms. The molecule has 3 heterocycles. The highest BCUT2D eigenvalue weighted by Gasteiger charge is 2.78. The molecule has 1 amide bonds. The number of nitrogens with zero attached hydrogens (tertiary/aromatic N) is 2. The van der Waals surface area contributed by atoms with E-state index in [0.29, 0.717) is 12.2 Å². The Balaban J connectivity index is 1.85. The van der Waals surface area contributed by atoms with E-state index in [-0.39, 0.29) is 6.04 Å². The highest BCUT2D eigenvalue weighted by molar-refractivity contribution is 5.90. The molecule has 1 aromatic rings. The molecule has 8 nitrogen and oxygen atoms in total. The number of nitrogens with two attached hydrogens (primary N) is 1. The number of hydrogen-bond donors (Lipinski definition) is 4. The van der Waals surface area contributed by atoms with Crippen LogP contribution in [0.25, 0.3) is 0 Å². The Morgan fingerprint density at radius 1 is 1.40 bits per heavy atom. The number of aliphatic hydroxyl groups is 2. The van der Waals surface area contributed by atoms with Gasteiger partial charge < -0.3 is 19.8 Å². The number of methoxy groups -OCH3 is 1. The zero-order valence-corrected chi connectivity index (χ0v) is 17.6. The molecule has 30 heavy (non-hydrogen) atoms. The van der Waals surface area contributed by atoms with Crippen LogP contribution < -0.4 is 20.9 Å². The van der Waals surface area contributed by atoms with E-state index in [9.17, 15) is 15.0 Å². The van der Waals surface area contributed by atoms with Gasteiger partial charge in [0.15, 0.2) is 5.60 Å². The molecule has 0 aromatic heterocycles. The van der Waals surface area contributed by atoms with Crippen molar-refractivity contribution in [1.29, 1.82) is 0 Å². The Kier molecular flexibility index (Phi) is 4.09. The summed E-state index contributed by atoms with van der Waals surface area (Å²) in [6, 6.07) is 5.25. The molecule has 5 rings (SSSR count). The number of rotatable bonds is 3. The summed E-state index contributed by atoms with van der Waals surface area (Å²) in [5.74, 6) is 5.50. The van der Waals surface area contributed by atoms with Crippen LogP contribution in [-0.4, -0.2) is 72.1 Å². The van der Waals surface area contributed by atoms with Gasteiger partial charge in [-0.1, -0.05) is 25.1 Å². The molecular weight excluding hydrogens is 384 g/mol. The number of carbonyl (C=O) groups excluding carboxylic acids is 1. The first-order valence-electron chi connectivity index (χ1n) is 10.6. The molecule has 162 valence electrons. The van der Waals surface area contributed by atoms with Crippen LogP contribution in [0.1, 0.15) is 25.3 Å². The number of anilines is 1. The lowest BCUT2D eigenvalue weighted by Gasteiger charge is -2.63. The number of ether oxygens (including phenoxy) is 1. The van der Waals surface area contributed by atoms with Gasteiger partial charge in [0.1, 0.15) is 11.9 Å². The minimum Gasteiger partial charge on any atom is -0.497 e. The third-order valence-electron chi connectivity index (χ3n) is 8.35. The van der Waals surface area contributed by atoms with Gasteiger partial charge in [-0.3, -0.25) is 15.1 Å². The van der Waals surface area contributed by atoms with E-state index in [4.69, 9.17) is 10.6 Å². The summed E-state index contributed by atoms with van der Waals surface area (Å²) in [4.78, 5) is 17.5. The molecule has 2 fully saturated rings. The van der Waals surface area contributed by atoms with Gasteiger partial charge in [0.25, 0.3) is 5.91 Å². The van der Waals surface area contributed by atoms with Crippen LogP contribution >= 0.6 is 0 Å². The molecule has 5 N–H and O–H groups in total. The van der Waals surface area contributed by atoms with E-state index in [2.05, 4.69) is 22.5 Å². The van der Waals surface area contributed by atoms with E-state index in [1.54, 1.807) is 7.11 Å². The van der Waals surface area contributed by atoms with E-state index < -0.39 is 34.5 Å². The number of hydrogen-bond acceptors (Lipinski definition) is 7. The minimum atomic E-state index is -2.08. The fraction of sp³-hybridized carbons (Fsp3) is 0.591. The Hall–Kier alpha value is -2.13. The van der Waals surface area contributed by atoms with Gasteiger partial charge >= 0.3 is 0 Å². The second-order valence-electron chi connectivity index (χ2n) is 9.15. The maximum absolute atomic E-state index is 13.1. The SMILES string of the molecule is CC[C@]12C=CCN3CC[C@@]4(c5ccc(OC)cc5N(C)[C@H]4[C@@](O)(C(=O)NN)[C@@H]1O)[C@H]32. The number of fused-ring (bicyclic) bond motifs is 1. The highest BCUT2D eigenvalue weighted by atomic mass is 16.5. The standard InChI is InChI=1S/C22H30N4O4/c1-4-20-8-5-10-26-11-9-21(16(20)26)14-7-6-13(30-3)12-15(14)25(2)17(21)22(29,18(20)27)19(28)24-23/h5-8,12,16-18,27,29H,4,9-11,23H2,1-3H3,(H,24,28)/t16-,17-,18-,20-,21-,22+/m1/s1. The third-order valence-corrected chi connectivity index (χ3v) is 8.35. The van der Waals surface area contributed by atoms with E-state index in [1.165, 1.54) is 0 Å². The average Bonchev–Trinajstić information content (AvgIpc) is 3.28. The molecular formula is C22H30N4O4.